The number of thiazole rings is 1. The van der Waals surface area contributed by atoms with Crippen molar-refractivity contribution in [3.63, 3.8) is 0 Å². The normalized spacial score (nSPS) is 10.7. The fourth-order valence-corrected chi connectivity index (χ4v) is 3.63. The molecule has 0 N–H and O–H groups in total. The molecule has 8 heteroatoms. The maximum absolute atomic E-state index is 5.59. The average Bonchev–Trinajstić information content (AvgIpc) is 3.37. The molecule has 0 saturated heterocycles. The Labute approximate surface area is 167 Å². The van der Waals surface area contributed by atoms with Gasteiger partial charge in [-0.15, -0.1) is 16.4 Å². The summed E-state index contributed by atoms with van der Waals surface area (Å²) in [7, 11) is 1.64. The monoisotopic (exact) mass is 443 g/mol. The van der Waals surface area contributed by atoms with Gasteiger partial charge in [-0.1, -0.05) is 39.2 Å². The molecule has 4 aromatic rings. The molecule has 0 radical (unpaired) electrons. The summed E-state index contributed by atoms with van der Waals surface area (Å²) in [5.74, 6) is 1.19. The Morgan fingerprint density at radius 2 is 1.96 bits per heavy atom. The fraction of sp³-hybridized carbons (Fsp3) is 0.105. The highest BCUT2D eigenvalue weighted by molar-refractivity contribution is 9.10. The third-order valence-electron chi connectivity index (χ3n) is 3.71. The van der Waals surface area contributed by atoms with Crippen molar-refractivity contribution in [3.8, 4) is 33.9 Å². The van der Waals surface area contributed by atoms with E-state index in [4.69, 9.17) is 13.9 Å². The maximum Gasteiger partial charge on any atom is 0.415 e. The van der Waals surface area contributed by atoms with E-state index in [1.165, 1.54) is 11.3 Å². The number of ether oxygens (including phenoxy) is 2. The summed E-state index contributed by atoms with van der Waals surface area (Å²) >= 11 is 5.00. The van der Waals surface area contributed by atoms with Gasteiger partial charge >= 0.3 is 6.08 Å². The molecule has 0 amide bonds. The smallest absolute Gasteiger partial charge is 0.415 e. The first kappa shape index (κ1) is 17.7. The zero-order valence-corrected chi connectivity index (χ0v) is 16.7. The van der Waals surface area contributed by atoms with Crippen LogP contribution in [-0.2, 0) is 6.61 Å². The molecule has 0 unspecified atom stereocenters. The summed E-state index contributed by atoms with van der Waals surface area (Å²) in [6.45, 7) is 0.239. The average molecular weight is 444 g/mol. The lowest BCUT2D eigenvalue weighted by Gasteiger charge is -2.06. The van der Waals surface area contributed by atoms with Crippen molar-refractivity contribution in [1.82, 2.24) is 15.2 Å². The Morgan fingerprint density at radius 3 is 2.78 bits per heavy atom. The van der Waals surface area contributed by atoms with Crippen LogP contribution in [0.5, 0.6) is 11.8 Å². The molecule has 0 bridgehead atoms. The number of halogens is 1. The Bertz CT molecular complexity index is 1050. The summed E-state index contributed by atoms with van der Waals surface area (Å²) in [6, 6.07) is 15.4. The van der Waals surface area contributed by atoms with Crippen LogP contribution >= 0.6 is 27.3 Å². The zero-order valence-electron chi connectivity index (χ0n) is 14.3. The van der Waals surface area contributed by atoms with Gasteiger partial charge in [-0.2, -0.15) is 0 Å². The van der Waals surface area contributed by atoms with Crippen LogP contribution in [-0.4, -0.2) is 22.3 Å². The number of benzene rings is 2. The standard InChI is InChI=1S/C19H14BrN3O3S/c1-24-16-8-7-13(20)9-15(16)18-21-14(11-27-18)10-25-19-23-22-17(26-19)12-5-3-2-4-6-12/h2-9,11H,10H2,1H3. The van der Waals surface area contributed by atoms with Gasteiger partial charge in [-0.3, -0.25) is 0 Å². The quantitative estimate of drug-likeness (QED) is 0.407. The maximum atomic E-state index is 5.59. The molecule has 2 aromatic heterocycles. The molecule has 2 heterocycles. The first-order valence-electron chi connectivity index (χ1n) is 8.03. The Hall–Kier alpha value is -2.71. The SMILES string of the molecule is COc1ccc(Br)cc1-c1nc(COc2nnc(-c3ccccc3)o2)cs1. The van der Waals surface area contributed by atoms with Gasteiger partial charge in [0.15, 0.2) is 0 Å². The molecule has 0 atom stereocenters. The van der Waals surface area contributed by atoms with E-state index in [-0.39, 0.29) is 12.7 Å². The molecule has 0 aliphatic carbocycles. The molecule has 0 saturated carbocycles. The van der Waals surface area contributed by atoms with Crippen molar-refractivity contribution in [2.75, 3.05) is 7.11 Å². The van der Waals surface area contributed by atoms with E-state index in [1.807, 2.05) is 53.9 Å². The van der Waals surface area contributed by atoms with Crippen LogP contribution in [0.15, 0.2) is 62.8 Å². The van der Waals surface area contributed by atoms with Crippen LogP contribution in [0, 0.1) is 0 Å². The van der Waals surface area contributed by atoms with Crippen molar-refractivity contribution in [1.29, 1.82) is 0 Å². The molecular formula is C19H14BrN3O3S. The molecule has 0 aliphatic heterocycles. The summed E-state index contributed by atoms with van der Waals surface area (Å²) < 4.78 is 17.5. The van der Waals surface area contributed by atoms with Crippen LogP contribution in [0.1, 0.15) is 5.69 Å². The van der Waals surface area contributed by atoms with Crippen molar-refractivity contribution in [2.45, 2.75) is 6.61 Å². The summed E-state index contributed by atoms with van der Waals surface area (Å²) in [5, 5.41) is 10.7. The van der Waals surface area contributed by atoms with E-state index in [2.05, 4.69) is 31.1 Å². The molecule has 0 spiro atoms. The van der Waals surface area contributed by atoms with Crippen LogP contribution < -0.4 is 9.47 Å². The molecular weight excluding hydrogens is 430 g/mol. The molecule has 27 heavy (non-hydrogen) atoms. The first-order valence-corrected chi connectivity index (χ1v) is 9.70. The topological polar surface area (TPSA) is 70.3 Å². The van der Waals surface area contributed by atoms with E-state index in [0.717, 1.165) is 32.1 Å². The molecule has 136 valence electrons. The molecule has 4 rings (SSSR count). The second kappa shape index (κ2) is 7.89. The summed E-state index contributed by atoms with van der Waals surface area (Å²) in [4.78, 5) is 4.61. The predicted octanol–water partition coefficient (Wildman–Crippen LogP) is 5.21. The van der Waals surface area contributed by atoms with Gasteiger partial charge in [0, 0.05) is 15.4 Å². The Morgan fingerprint density at radius 1 is 1.11 bits per heavy atom. The van der Waals surface area contributed by atoms with E-state index in [1.54, 1.807) is 7.11 Å². The van der Waals surface area contributed by atoms with Crippen molar-refractivity contribution in [2.24, 2.45) is 0 Å². The van der Waals surface area contributed by atoms with Gasteiger partial charge in [-0.05, 0) is 30.3 Å². The van der Waals surface area contributed by atoms with Crippen LogP contribution in [0.2, 0.25) is 0 Å². The number of hydrogen-bond donors (Lipinski definition) is 0. The van der Waals surface area contributed by atoms with E-state index >= 15 is 0 Å². The number of methoxy groups -OCH3 is 1. The summed E-state index contributed by atoms with van der Waals surface area (Å²) in [5.41, 5.74) is 2.54. The number of nitrogens with zero attached hydrogens (tertiary/aromatic N) is 3. The van der Waals surface area contributed by atoms with Gasteiger partial charge in [0.25, 0.3) is 5.89 Å². The van der Waals surface area contributed by atoms with Crippen molar-refractivity contribution < 1.29 is 13.9 Å². The summed E-state index contributed by atoms with van der Waals surface area (Å²) in [6.07, 6.45) is 0.114. The van der Waals surface area contributed by atoms with E-state index < -0.39 is 0 Å². The lowest BCUT2D eigenvalue weighted by molar-refractivity contribution is 0.219. The lowest BCUT2D eigenvalue weighted by Crippen LogP contribution is -1.96. The second-order valence-electron chi connectivity index (χ2n) is 5.52. The van der Waals surface area contributed by atoms with Crippen LogP contribution in [0.25, 0.3) is 22.0 Å². The van der Waals surface area contributed by atoms with Crippen LogP contribution in [0.4, 0.5) is 0 Å². The van der Waals surface area contributed by atoms with E-state index in [0.29, 0.717) is 5.89 Å². The fourth-order valence-electron chi connectivity index (χ4n) is 2.45. The van der Waals surface area contributed by atoms with Gasteiger partial charge in [0.1, 0.15) is 17.4 Å². The van der Waals surface area contributed by atoms with Crippen molar-refractivity contribution >= 4 is 27.3 Å². The molecule has 0 aliphatic rings. The van der Waals surface area contributed by atoms with Gasteiger partial charge < -0.3 is 13.9 Å². The largest absolute Gasteiger partial charge is 0.496 e. The minimum atomic E-state index is 0.114. The third-order valence-corrected chi connectivity index (χ3v) is 5.13. The zero-order chi connectivity index (χ0) is 18.6. The number of aromatic nitrogens is 3. The third kappa shape index (κ3) is 4.01. The highest BCUT2D eigenvalue weighted by atomic mass is 79.9. The number of hydrogen-bond acceptors (Lipinski definition) is 7. The minimum Gasteiger partial charge on any atom is -0.496 e. The van der Waals surface area contributed by atoms with Crippen LogP contribution in [0.3, 0.4) is 0 Å². The highest BCUT2D eigenvalue weighted by Gasteiger charge is 2.13. The highest BCUT2D eigenvalue weighted by Crippen LogP contribution is 2.34. The van der Waals surface area contributed by atoms with Gasteiger partial charge in [0.2, 0.25) is 0 Å². The molecule has 6 nitrogen and oxygen atoms in total. The second-order valence-corrected chi connectivity index (χ2v) is 7.29. The lowest BCUT2D eigenvalue weighted by atomic mass is 10.2. The number of rotatable bonds is 6. The Kier molecular flexibility index (Phi) is 5.17. The minimum absolute atomic E-state index is 0.114. The van der Waals surface area contributed by atoms with Crippen molar-refractivity contribution in [3.05, 3.63) is 64.1 Å². The van der Waals surface area contributed by atoms with E-state index in [9.17, 15) is 0 Å². The first-order chi connectivity index (χ1) is 13.2. The molecule has 2 aromatic carbocycles. The predicted molar refractivity (Wildman–Crippen MR) is 106 cm³/mol. The molecule has 0 fully saturated rings. The Balaban J connectivity index is 1.46. The van der Waals surface area contributed by atoms with Gasteiger partial charge in [0.05, 0.1) is 18.4 Å². The van der Waals surface area contributed by atoms with Gasteiger partial charge in [-0.25, -0.2) is 4.98 Å².